The molecule has 0 bridgehead atoms. The van der Waals surface area contributed by atoms with Gasteiger partial charge in [-0.3, -0.25) is 0 Å². The van der Waals surface area contributed by atoms with Gasteiger partial charge in [-0.15, -0.1) is 0 Å². The van der Waals surface area contributed by atoms with Crippen molar-refractivity contribution in [3.05, 3.63) is 58.1 Å². The minimum Gasteiger partial charge on any atom is -0.494 e. The predicted molar refractivity (Wildman–Crippen MR) is 90.8 cm³/mol. The van der Waals surface area contributed by atoms with Crippen molar-refractivity contribution in [1.29, 1.82) is 0 Å². The van der Waals surface area contributed by atoms with Crippen molar-refractivity contribution >= 4 is 21.9 Å². The van der Waals surface area contributed by atoms with Gasteiger partial charge < -0.3 is 9.47 Å². The Morgan fingerprint density at radius 2 is 1.95 bits per heavy atom. The maximum atomic E-state index is 12.2. The molecule has 0 aliphatic heterocycles. The van der Waals surface area contributed by atoms with E-state index in [-0.39, 0.29) is 0 Å². The average Bonchev–Trinajstić information content (AvgIpc) is 2.49. The zero-order valence-corrected chi connectivity index (χ0v) is 14.5. The Balaban J connectivity index is 2.16. The molecule has 3 nitrogen and oxygen atoms in total. The number of esters is 1. The minimum atomic E-state index is -0.403. The van der Waals surface area contributed by atoms with Gasteiger partial charge in [-0.25, -0.2) is 4.79 Å². The molecule has 0 aliphatic carbocycles. The molecule has 0 saturated carbocycles. The highest BCUT2D eigenvalue weighted by Gasteiger charge is 2.13. The number of carbonyl (C=O) groups is 1. The number of rotatable bonds is 5. The third-order valence-electron chi connectivity index (χ3n) is 3.21. The summed E-state index contributed by atoms with van der Waals surface area (Å²) in [6.07, 6.45) is 0. The van der Waals surface area contributed by atoms with Crippen LogP contribution in [0, 0.1) is 0 Å². The van der Waals surface area contributed by atoms with Crippen LogP contribution in [0.4, 0.5) is 0 Å². The molecular weight excluding hydrogens is 344 g/mol. The molecular formula is C18H19BrO3. The molecule has 0 heterocycles. The molecule has 0 aliphatic rings. The van der Waals surface area contributed by atoms with Crippen molar-refractivity contribution in [3.8, 4) is 11.5 Å². The normalized spacial score (nSPS) is 10.6. The summed E-state index contributed by atoms with van der Waals surface area (Å²) in [7, 11) is 0. The van der Waals surface area contributed by atoms with Gasteiger partial charge in [0.05, 0.1) is 16.6 Å². The number of ether oxygens (including phenoxy) is 2. The van der Waals surface area contributed by atoms with E-state index in [4.69, 9.17) is 9.47 Å². The fourth-order valence-electron chi connectivity index (χ4n) is 2.00. The molecule has 0 radical (unpaired) electrons. The van der Waals surface area contributed by atoms with Gasteiger partial charge in [0.1, 0.15) is 11.5 Å². The minimum absolute atomic E-state index is 0.403. The number of hydrogen-bond acceptors (Lipinski definition) is 3. The first-order chi connectivity index (χ1) is 10.5. The van der Waals surface area contributed by atoms with Gasteiger partial charge in [0.15, 0.2) is 0 Å². The topological polar surface area (TPSA) is 35.5 Å². The Bertz CT molecular complexity index is 665. The van der Waals surface area contributed by atoms with Crippen LogP contribution >= 0.6 is 15.9 Å². The molecule has 2 aromatic rings. The Morgan fingerprint density at radius 3 is 2.59 bits per heavy atom. The fraction of sp³-hybridized carbons (Fsp3) is 0.278. The average molecular weight is 363 g/mol. The van der Waals surface area contributed by atoms with Crippen LogP contribution in [0.3, 0.4) is 0 Å². The Morgan fingerprint density at radius 1 is 1.18 bits per heavy atom. The summed E-state index contributed by atoms with van der Waals surface area (Å²) in [4.78, 5) is 12.2. The summed E-state index contributed by atoms with van der Waals surface area (Å²) < 4.78 is 11.6. The summed E-state index contributed by atoms with van der Waals surface area (Å²) in [5.41, 5.74) is 1.65. The van der Waals surface area contributed by atoms with Crippen molar-refractivity contribution < 1.29 is 14.3 Å². The summed E-state index contributed by atoms with van der Waals surface area (Å²) >= 11 is 3.45. The van der Waals surface area contributed by atoms with Crippen LogP contribution in [-0.2, 0) is 0 Å². The zero-order valence-electron chi connectivity index (χ0n) is 12.9. The molecule has 2 aromatic carbocycles. The smallest absolute Gasteiger partial charge is 0.343 e. The zero-order chi connectivity index (χ0) is 16.1. The van der Waals surface area contributed by atoms with Crippen LogP contribution in [0.15, 0.2) is 46.9 Å². The molecule has 0 unspecified atom stereocenters. The van der Waals surface area contributed by atoms with Crippen LogP contribution in [0.2, 0.25) is 0 Å². The van der Waals surface area contributed by atoms with E-state index < -0.39 is 5.97 Å². The summed E-state index contributed by atoms with van der Waals surface area (Å²) in [6.45, 7) is 6.69. The lowest BCUT2D eigenvalue weighted by molar-refractivity contribution is 0.0733. The van der Waals surface area contributed by atoms with Gasteiger partial charge in [0.25, 0.3) is 0 Å². The van der Waals surface area contributed by atoms with Gasteiger partial charge in [-0.05, 0) is 64.7 Å². The van der Waals surface area contributed by atoms with E-state index in [0.29, 0.717) is 29.6 Å². The highest BCUT2D eigenvalue weighted by Crippen LogP contribution is 2.29. The third-order valence-corrected chi connectivity index (χ3v) is 3.83. The Kier molecular flexibility index (Phi) is 5.61. The molecule has 0 atom stereocenters. The molecule has 116 valence electrons. The maximum Gasteiger partial charge on any atom is 0.343 e. The van der Waals surface area contributed by atoms with Crippen LogP contribution in [0.25, 0.3) is 0 Å². The van der Waals surface area contributed by atoms with Gasteiger partial charge in [-0.2, -0.15) is 0 Å². The van der Waals surface area contributed by atoms with E-state index in [1.54, 1.807) is 18.2 Å². The maximum absolute atomic E-state index is 12.2. The lowest BCUT2D eigenvalue weighted by atomic mass is 10.0. The first-order valence-corrected chi connectivity index (χ1v) is 8.05. The van der Waals surface area contributed by atoms with Gasteiger partial charge in [0.2, 0.25) is 0 Å². The van der Waals surface area contributed by atoms with Crippen molar-refractivity contribution in [2.75, 3.05) is 6.61 Å². The molecule has 0 fully saturated rings. The molecule has 4 heteroatoms. The lowest BCUT2D eigenvalue weighted by Gasteiger charge is -2.11. The highest BCUT2D eigenvalue weighted by molar-refractivity contribution is 9.10. The second-order valence-electron chi connectivity index (χ2n) is 5.19. The van der Waals surface area contributed by atoms with Crippen molar-refractivity contribution in [1.82, 2.24) is 0 Å². The van der Waals surface area contributed by atoms with E-state index >= 15 is 0 Å². The Hall–Kier alpha value is -1.81. The van der Waals surface area contributed by atoms with Gasteiger partial charge in [-0.1, -0.05) is 26.0 Å². The third kappa shape index (κ3) is 4.10. The van der Waals surface area contributed by atoms with Gasteiger partial charge >= 0.3 is 5.97 Å². The summed E-state index contributed by atoms with van der Waals surface area (Å²) in [5.74, 6) is 1.19. The standard InChI is InChI=1S/C18H19BrO3/c1-4-21-15-7-5-6-14(10-15)18(20)22-17-9-8-13(12(2)3)11-16(17)19/h5-12H,4H2,1-3H3. The van der Waals surface area contributed by atoms with Crippen LogP contribution in [-0.4, -0.2) is 12.6 Å². The predicted octanol–water partition coefficient (Wildman–Crippen LogP) is 5.19. The molecule has 0 amide bonds. The second-order valence-corrected chi connectivity index (χ2v) is 6.05. The first-order valence-electron chi connectivity index (χ1n) is 7.25. The molecule has 0 aromatic heterocycles. The van der Waals surface area contributed by atoms with E-state index in [0.717, 1.165) is 4.47 Å². The lowest BCUT2D eigenvalue weighted by Crippen LogP contribution is -2.09. The van der Waals surface area contributed by atoms with E-state index in [1.807, 2.05) is 31.2 Å². The van der Waals surface area contributed by atoms with E-state index in [9.17, 15) is 4.79 Å². The van der Waals surface area contributed by atoms with E-state index in [2.05, 4.69) is 29.8 Å². The number of carbonyl (C=O) groups excluding carboxylic acids is 1. The van der Waals surface area contributed by atoms with Crippen molar-refractivity contribution in [2.24, 2.45) is 0 Å². The quantitative estimate of drug-likeness (QED) is 0.542. The molecule has 0 N–H and O–H groups in total. The Labute approximate surface area is 139 Å². The highest BCUT2D eigenvalue weighted by atomic mass is 79.9. The monoisotopic (exact) mass is 362 g/mol. The van der Waals surface area contributed by atoms with Crippen LogP contribution in [0.5, 0.6) is 11.5 Å². The molecule has 2 rings (SSSR count). The summed E-state index contributed by atoms with van der Waals surface area (Å²) in [6, 6.07) is 12.7. The van der Waals surface area contributed by atoms with Crippen LogP contribution < -0.4 is 9.47 Å². The van der Waals surface area contributed by atoms with Crippen LogP contribution in [0.1, 0.15) is 42.6 Å². The summed E-state index contributed by atoms with van der Waals surface area (Å²) in [5, 5.41) is 0. The largest absolute Gasteiger partial charge is 0.494 e. The van der Waals surface area contributed by atoms with Gasteiger partial charge in [0, 0.05) is 0 Å². The number of benzene rings is 2. The molecule has 0 saturated heterocycles. The fourth-order valence-corrected chi connectivity index (χ4v) is 2.47. The first kappa shape index (κ1) is 16.6. The SMILES string of the molecule is CCOc1cccc(C(=O)Oc2ccc(C(C)C)cc2Br)c1. The molecule has 0 spiro atoms. The van der Waals surface area contributed by atoms with E-state index in [1.165, 1.54) is 5.56 Å². The van der Waals surface area contributed by atoms with Crippen molar-refractivity contribution in [3.63, 3.8) is 0 Å². The number of hydrogen-bond donors (Lipinski definition) is 0. The number of halogens is 1. The van der Waals surface area contributed by atoms with Crippen molar-refractivity contribution in [2.45, 2.75) is 26.7 Å². The second kappa shape index (κ2) is 7.45. The molecule has 22 heavy (non-hydrogen) atoms.